The van der Waals surface area contributed by atoms with Crippen molar-refractivity contribution in [2.75, 3.05) is 6.54 Å². The minimum absolute atomic E-state index is 0.775. The third-order valence-corrected chi connectivity index (χ3v) is 5.46. The zero-order chi connectivity index (χ0) is 16.1. The maximum Gasteiger partial charge on any atom is 0.205 e. The van der Waals surface area contributed by atoms with Crippen LogP contribution in [0.15, 0.2) is 57.3 Å². The maximum atomic E-state index is 4.72. The monoisotopic (exact) mass is 341 g/mol. The quantitative estimate of drug-likeness (QED) is 0.621. The molecule has 2 heterocycles. The Bertz CT molecular complexity index is 854. The average molecular weight is 342 g/mol. The van der Waals surface area contributed by atoms with Crippen molar-refractivity contribution in [3.8, 4) is 0 Å². The molecule has 3 aromatic rings. The van der Waals surface area contributed by atoms with E-state index in [1.54, 1.807) is 22.7 Å². The van der Waals surface area contributed by atoms with Crippen molar-refractivity contribution in [3.05, 3.63) is 73.7 Å². The molecule has 0 fully saturated rings. The van der Waals surface area contributed by atoms with Gasteiger partial charge in [-0.25, -0.2) is 4.68 Å². The number of hydrogen-bond donors (Lipinski definition) is 0. The van der Waals surface area contributed by atoms with Crippen LogP contribution in [0.25, 0.3) is 0 Å². The molecule has 1 aromatic carbocycles. The van der Waals surface area contributed by atoms with Gasteiger partial charge in [0.1, 0.15) is 0 Å². The van der Waals surface area contributed by atoms with Crippen LogP contribution in [0.4, 0.5) is 0 Å². The van der Waals surface area contributed by atoms with Gasteiger partial charge >= 0.3 is 0 Å². The summed E-state index contributed by atoms with van der Waals surface area (Å²) < 4.78 is 1.93. The van der Waals surface area contributed by atoms with Gasteiger partial charge in [0.25, 0.3) is 0 Å². The van der Waals surface area contributed by atoms with Gasteiger partial charge in [-0.2, -0.15) is 5.10 Å². The van der Waals surface area contributed by atoms with Crippen LogP contribution in [0.3, 0.4) is 0 Å². The molecule has 5 heteroatoms. The summed E-state index contributed by atoms with van der Waals surface area (Å²) in [6.45, 7) is 4.94. The predicted octanol–water partition coefficient (Wildman–Crippen LogP) is 4.25. The maximum absolute atomic E-state index is 4.72. The number of thiophene rings is 1. The van der Waals surface area contributed by atoms with Crippen LogP contribution in [0, 0.1) is 13.8 Å². The summed E-state index contributed by atoms with van der Waals surface area (Å²) in [7, 11) is 0. The smallest absolute Gasteiger partial charge is 0.205 e. The van der Waals surface area contributed by atoms with Gasteiger partial charge in [0, 0.05) is 11.9 Å². The molecule has 0 saturated heterocycles. The number of aryl methyl sites for hydroxylation is 2. The van der Waals surface area contributed by atoms with Crippen molar-refractivity contribution in [1.29, 1.82) is 0 Å². The summed E-state index contributed by atoms with van der Waals surface area (Å²) in [6.07, 6.45) is 2.88. The highest BCUT2D eigenvalue weighted by Gasteiger charge is 2.00. The molecule has 23 heavy (non-hydrogen) atoms. The van der Waals surface area contributed by atoms with E-state index >= 15 is 0 Å². The van der Waals surface area contributed by atoms with Crippen LogP contribution < -0.4 is 4.80 Å². The van der Waals surface area contributed by atoms with Gasteiger partial charge in [-0.15, -0.1) is 22.7 Å². The van der Waals surface area contributed by atoms with Gasteiger partial charge in [-0.05, 0) is 42.8 Å². The molecule has 0 aliphatic rings. The zero-order valence-corrected chi connectivity index (χ0v) is 14.9. The highest BCUT2D eigenvalue weighted by molar-refractivity contribution is 7.11. The van der Waals surface area contributed by atoms with E-state index in [9.17, 15) is 0 Å². The van der Waals surface area contributed by atoms with Crippen molar-refractivity contribution in [3.63, 3.8) is 0 Å². The lowest BCUT2D eigenvalue weighted by atomic mass is 10.2. The number of hydrogen-bond acceptors (Lipinski definition) is 4. The molecule has 118 valence electrons. The van der Waals surface area contributed by atoms with E-state index in [-0.39, 0.29) is 0 Å². The molecule has 3 rings (SSSR count). The van der Waals surface area contributed by atoms with Gasteiger partial charge in [0.15, 0.2) is 0 Å². The second-order valence-electron chi connectivity index (χ2n) is 5.30. The minimum Gasteiger partial charge on any atom is -0.257 e. The van der Waals surface area contributed by atoms with Crippen LogP contribution in [0.2, 0.25) is 0 Å². The SMILES string of the molecule is Cc1ccsc1C=Nn1c(C)csc1=NCCc1ccccc1. The Balaban J connectivity index is 1.77. The number of nitrogens with zero attached hydrogens (tertiary/aromatic N) is 3. The lowest BCUT2D eigenvalue weighted by molar-refractivity contribution is 0.783. The molecule has 2 aromatic heterocycles. The van der Waals surface area contributed by atoms with Gasteiger partial charge in [0.05, 0.1) is 16.8 Å². The predicted molar refractivity (Wildman–Crippen MR) is 99.7 cm³/mol. The fraction of sp³-hybridized carbons (Fsp3) is 0.222. The second-order valence-corrected chi connectivity index (χ2v) is 7.09. The normalized spacial score (nSPS) is 12.3. The Hall–Kier alpha value is -1.98. The first-order valence-corrected chi connectivity index (χ1v) is 9.30. The van der Waals surface area contributed by atoms with E-state index in [4.69, 9.17) is 4.99 Å². The minimum atomic E-state index is 0.775. The summed E-state index contributed by atoms with van der Waals surface area (Å²) in [6, 6.07) is 12.6. The van der Waals surface area contributed by atoms with Gasteiger partial charge in [-0.1, -0.05) is 30.3 Å². The summed E-state index contributed by atoms with van der Waals surface area (Å²) in [5.74, 6) is 0. The zero-order valence-electron chi connectivity index (χ0n) is 13.3. The Morgan fingerprint density at radius 1 is 1.09 bits per heavy atom. The van der Waals surface area contributed by atoms with Crippen molar-refractivity contribution in [2.45, 2.75) is 20.3 Å². The molecule has 0 unspecified atom stereocenters. The Kier molecular flexibility index (Phi) is 5.20. The van der Waals surface area contributed by atoms with Crippen LogP contribution in [-0.2, 0) is 6.42 Å². The Morgan fingerprint density at radius 3 is 2.65 bits per heavy atom. The van der Waals surface area contributed by atoms with Gasteiger partial charge in [0.2, 0.25) is 4.80 Å². The molecule has 0 radical (unpaired) electrons. The fourth-order valence-electron chi connectivity index (χ4n) is 2.19. The van der Waals surface area contributed by atoms with Crippen LogP contribution >= 0.6 is 22.7 Å². The Morgan fingerprint density at radius 2 is 1.91 bits per heavy atom. The third kappa shape index (κ3) is 4.06. The van der Waals surface area contributed by atoms with Crippen LogP contribution in [0.1, 0.15) is 21.7 Å². The summed E-state index contributed by atoms with van der Waals surface area (Å²) in [5.41, 5.74) is 3.68. The molecule has 0 aliphatic carbocycles. The molecule has 0 saturated carbocycles. The van der Waals surface area contributed by atoms with Crippen LogP contribution in [-0.4, -0.2) is 17.4 Å². The lowest BCUT2D eigenvalue weighted by Gasteiger charge is -1.99. The second kappa shape index (κ2) is 7.53. The third-order valence-electron chi connectivity index (χ3n) is 3.53. The molecule has 0 bridgehead atoms. The van der Waals surface area contributed by atoms with Crippen molar-refractivity contribution in [2.24, 2.45) is 10.1 Å². The fourth-order valence-corrected chi connectivity index (χ4v) is 3.80. The van der Waals surface area contributed by atoms with Gasteiger partial charge in [-0.3, -0.25) is 4.99 Å². The molecular formula is C18H19N3S2. The average Bonchev–Trinajstić information content (AvgIpc) is 3.13. The Labute approximate surface area is 144 Å². The highest BCUT2D eigenvalue weighted by Crippen LogP contribution is 2.12. The standard InChI is InChI=1S/C18H19N3S2/c1-14-9-11-22-17(14)12-20-21-15(2)13-23-18(21)19-10-8-16-6-4-3-5-7-16/h3-7,9,11-13H,8,10H2,1-2H3. The summed E-state index contributed by atoms with van der Waals surface area (Å²) in [5, 5.41) is 8.80. The van der Waals surface area contributed by atoms with Gasteiger partial charge < -0.3 is 0 Å². The summed E-state index contributed by atoms with van der Waals surface area (Å²) >= 11 is 3.35. The number of aromatic nitrogens is 1. The van der Waals surface area contributed by atoms with E-state index < -0.39 is 0 Å². The van der Waals surface area contributed by atoms with Crippen molar-refractivity contribution in [1.82, 2.24) is 4.68 Å². The molecule has 0 aliphatic heterocycles. The highest BCUT2D eigenvalue weighted by atomic mass is 32.1. The topological polar surface area (TPSA) is 29.6 Å². The molecule has 0 amide bonds. The van der Waals surface area contributed by atoms with Crippen molar-refractivity contribution >= 4 is 28.9 Å². The molecular weight excluding hydrogens is 322 g/mol. The largest absolute Gasteiger partial charge is 0.257 e. The molecule has 0 atom stereocenters. The van der Waals surface area contributed by atoms with E-state index in [1.807, 2.05) is 17.0 Å². The first-order chi connectivity index (χ1) is 11.2. The molecule has 0 spiro atoms. The summed E-state index contributed by atoms with van der Waals surface area (Å²) in [4.78, 5) is 6.86. The number of rotatable bonds is 5. The van der Waals surface area contributed by atoms with E-state index in [1.165, 1.54) is 16.0 Å². The number of benzene rings is 1. The van der Waals surface area contributed by atoms with Crippen molar-refractivity contribution < 1.29 is 0 Å². The van der Waals surface area contributed by atoms with E-state index in [0.29, 0.717) is 0 Å². The first-order valence-electron chi connectivity index (χ1n) is 7.54. The molecule has 3 nitrogen and oxygen atoms in total. The van der Waals surface area contributed by atoms with E-state index in [0.717, 1.165) is 23.5 Å². The molecule has 0 N–H and O–H groups in total. The van der Waals surface area contributed by atoms with E-state index in [2.05, 4.69) is 60.0 Å². The van der Waals surface area contributed by atoms with Crippen LogP contribution in [0.5, 0.6) is 0 Å². The first kappa shape index (κ1) is 15.9. The number of thiazole rings is 1. The lowest BCUT2D eigenvalue weighted by Crippen LogP contribution is -2.13.